The maximum atomic E-state index is 11.3. The molecule has 1 aromatic carbocycles. The molecule has 3 atom stereocenters. The first-order valence-electron chi connectivity index (χ1n) is 9.99. The zero-order chi connectivity index (χ0) is 20.7. The van der Waals surface area contributed by atoms with Gasteiger partial charge < -0.3 is 9.47 Å². The van der Waals surface area contributed by atoms with Crippen molar-refractivity contribution in [1.82, 2.24) is 14.5 Å². The largest absolute Gasteiger partial charge is 0.337 e. The summed E-state index contributed by atoms with van der Waals surface area (Å²) in [6.07, 6.45) is 4.81. The predicted molar refractivity (Wildman–Crippen MR) is 118 cm³/mol. The van der Waals surface area contributed by atoms with Crippen molar-refractivity contribution >= 4 is 22.6 Å². The van der Waals surface area contributed by atoms with Gasteiger partial charge in [-0.05, 0) is 36.8 Å². The van der Waals surface area contributed by atoms with Crippen LogP contribution in [-0.2, 0) is 0 Å². The minimum atomic E-state index is -0.357. The van der Waals surface area contributed by atoms with E-state index in [-0.39, 0.29) is 22.7 Å². The van der Waals surface area contributed by atoms with Crippen molar-refractivity contribution in [3.05, 3.63) is 88.5 Å². The van der Waals surface area contributed by atoms with Gasteiger partial charge in [0.15, 0.2) is 5.17 Å². The fourth-order valence-corrected chi connectivity index (χ4v) is 5.64. The Morgan fingerprint density at radius 2 is 2.10 bits per heavy atom. The van der Waals surface area contributed by atoms with Crippen LogP contribution in [0.3, 0.4) is 0 Å². The number of hydrogen-bond acceptors (Lipinski definition) is 6. The van der Waals surface area contributed by atoms with Crippen LogP contribution in [0.2, 0.25) is 0 Å². The summed E-state index contributed by atoms with van der Waals surface area (Å²) >= 11 is 1.80. The Kier molecular flexibility index (Phi) is 4.78. The number of thioether (sulfide) groups is 1. The molecule has 3 aromatic rings. The van der Waals surface area contributed by atoms with E-state index in [4.69, 9.17) is 4.99 Å². The number of aliphatic imine (C=N–C) groups is 1. The molecular weight excluding hydrogens is 398 g/mol. The van der Waals surface area contributed by atoms with Crippen molar-refractivity contribution in [3.8, 4) is 5.69 Å². The van der Waals surface area contributed by atoms with E-state index in [0.717, 1.165) is 34.4 Å². The van der Waals surface area contributed by atoms with Crippen LogP contribution in [0.5, 0.6) is 0 Å². The van der Waals surface area contributed by atoms with Gasteiger partial charge in [0.05, 0.1) is 16.3 Å². The molecule has 0 spiro atoms. The van der Waals surface area contributed by atoms with E-state index < -0.39 is 0 Å². The topological polar surface area (TPSA) is 76.6 Å². The summed E-state index contributed by atoms with van der Waals surface area (Å²) in [6.45, 7) is 2.21. The predicted octanol–water partition coefficient (Wildman–Crippen LogP) is 4.76. The molecule has 5 rings (SSSR count). The third-order valence-corrected chi connectivity index (χ3v) is 6.86. The summed E-state index contributed by atoms with van der Waals surface area (Å²) in [6, 6.07) is 17.1. The number of hydrogen-bond donors (Lipinski definition) is 0. The average molecular weight is 420 g/mol. The molecule has 0 amide bonds. The van der Waals surface area contributed by atoms with Gasteiger partial charge in [0.25, 0.3) is 5.69 Å². The van der Waals surface area contributed by atoms with Crippen molar-refractivity contribution in [2.45, 2.75) is 31.5 Å². The van der Waals surface area contributed by atoms with E-state index in [0.29, 0.717) is 6.04 Å². The Balaban J connectivity index is 1.62. The Labute approximate surface area is 178 Å². The van der Waals surface area contributed by atoms with E-state index in [1.807, 2.05) is 41.1 Å². The molecule has 0 radical (unpaired) electrons. The normalized spacial score (nSPS) is 22.8. The first-order chi connectivity index (χ1) is 14.7. The summed E-state index contributed by atoms with van der Waals surface area (Å²) < 4.78 is 2.04. The summed E-state index contributed by atoms with van der Waals surface area (Å²) in [4.78, 5) is 23.0. The number of rotatable bonds is 5. The number of amidine groups is 1. The van der Waals surface area contributed by atoms with E-state index in [2.05, 4.69) is 22.9 Å². The number of aromatic nitrogens is 2. The van der Waals surface area contributed by atoms with Crippen molar-refractivity contribution in [2.75, 3.05) is 5.75 Å². The van der Waals surface area contributed by atoms with Crippen molar-refractivity contribution < 1.29 is 4.92 Å². The molecule has 7 nitrogen and oxygen atoms in total. The Hall–Kier alpha value is -3.13. The summed E-state index contributed by atoms with van der Waals surface area (Å²) in [7, 11) is 0. The van der Waals surface area contributed by atoms with Gasteiger partial charge in [-0.3, -0.25) is 20.1 Å². The molecule has 0 saturated carbocycles. The van der Waals surface area contributed by atoms with Crippen LogP contribution < -0.4 is 0 Å². The van der Waals surface area contributed by atoms with Crippen LogP contribution in [0, 0.1) is 10.1 Å². The van der Waals surface area contributed by atoms with Crippen LogP contribution in [0.1, 0.15) is 36.8 Å². The molecule has 0 unspecified atom stereocenters. The van der Waals surface area contributed by atoms with Crippen molar-refractivity contribution in [2.24, 2.45) is 4.99 Å². The van der Waals surface area contributed by atoms with Crippen molar-refractivity contribution in [1.29, 1.82) is 0 Å². The zero-order valence-corrected chi connectivity index (χ0v) is 17.3. The number of fused-ring (bicyclic) bond motifs is 1. The lowest BCUT2D eigenvalue weighted by atomic mass is 9.99. The fraction of sp³-hybridized carbons (Fsp3) is 0.273. The number of nitrogens with zero attached hydrogens (tertiary/aromatic N) is 5. The van der Waals surface area contributed by atoms with Gasteiger partial charge in [0.1, 0.15) is 12.1 Å². The highest BCUT2D eigenvalue weighted by Crippen LogP contribution is 2.48. The third kappa shape index (κ3) is 3.08. The fourth-order valence-electron chi connectivity index (χ4n) is 4.30. The molecule has 0 aliphatic carbocycles. The molecule has 1 fully saturated rings. The van der Waals surface area contributed by atoms with Crippen molar-refractivity contribution in [3.63, 3.8) is 0 Å². The number of non-ortho nitro benzene ring substituents is 1. The lowest BCUT2D eigenvalue weighted by molar-refractivity contribution is -0.384. The van der Waals surface area contributed by atoms with Crippen LogP contribution in [0.4, 0.5) is 5.69 Å². The standard InChI is InChI=1S/C22H21N5O2S/c1-2-15-14-30-22-24-20(18-9-3-4-11-23-18)21(26(15)22)19-10-6-12-25(19)16-7-5-8-17(13-16)27(28)29/h3-13,15,20-21H,2,14H2,1H3/t15-,20+,21-/m1/s1. The summed E-state index contributed by atoms with van der Waals surface area (Å²) in [5.74, 6) is 1.03. The number of nitro groups is 1. The molecule has 30 heavy (non-hydrogen) atoms. The van der Waals surface area contributed by atoms with E-state index in [9.17, 15) is 10.1 Å². The Bertz CT molecular complexity index is 1110. The van der Waals surface area contributed by atoms with Gasteiger partial charge in [-0.1, -0.05) is 30.8 Å². The molecule has 2 aliphatic rings. The molecule has 0 N–H and O–H groups in total. The van der Waals surface area contributed by atoms with Gasteiger partial charge in [-0.15, -0.1) is 0 Å². The van der Waals surface area contributed by atoms with Gasteiger partial charge in [0, 0.05) is 42.0 Å². The SMILES string of the molecule is CC[C@@H]1CSC2=N[C@@H](c3ccccn3)[C@@H](c3cccn3-c3cccc([N+](=O)[O-])c3)N21. The van der Waals surface area contributed by atoms with E-state index >= 15 is 0 Å². The maximum absolute atomic E-state index is 11.3. The van der Waals surface area contributed by atoms with Crippen LogP contribution in [0.15, 0.2) is 72.0 Å². The second-order valence-corrected chi connectivity index (χ2v) is 8.40. The molecule has 0 bridgehead atoms. The van der Waals surface area contributed by atoms with E-state index in [1.54, 1.807) is 30.1 Å². The second kappa shape index (κ2) is 7.60. The molecule has 2 aromatic heterocycles. The molecule has 152 valence electrons. The smallest absolute Gasteiger partial charge is 0.271 e. The minimum absolute atomic E-state index is 0.0101. The number of nitro benzene ring substituents is 1. The second-order valence-electron chi connectivity index (χ2n) is 7.42. The summed E-state index contributed by atoms with van der Waals surface area (Å²) in [5, 5.41) is 12.4. The number of benzene rings is 1. The van der Waals surface area contributed by atoms with E-state index in [1.165, 1.54) is 6.07 Å². The highest BCUT2D eigenvalue weighted by molar-refractivity contribution is 8.14. The highest BCUT2D eigenvalue weighted by Gasteiger charge is 2.46. The molecule has 2 aliphatic heterocycles. The van der Waals surface area contributed by atoms with Gasteiger partial charge in [-0.25, -0.2) is 0 Å². The molecule has 1 saturated heterocycles. The third-order valence-electron chi connectivity index (χ3n) is 5.73. The Morgan fingerprint density at radius 3 is 2.87 bits per heavy atom. The highest BCUT2D eigenvalue weighted by atomic mass is 32.2. The molecule has 4 heterocycles. The zero-order valence-electron chi connectivity index (χ0n) is 16.5. The van der Waals surface area contributed by atoms with Crippen LogP contribution in [-0.4, -0.2) is 36.3 Å². The van der Waals surface area contributed by atoms with Crippen LogP contribution >= 0.6 is 11.8 Å². The lowest BCUT2D eigenvalue weighted by Gasteiger charge is -2.32. The quantitative estimate of drug-likeness (QED) is 0.440. The summed E-state index contributed by atoms with van der Waals surface area (Å²) in [5.41, 5.74) is 2.86. The maximum Gasteiger partial charge on any atom is 0.271 e. The first kappa shape index (κ1) is 18.9. The molecule has 8 heteroatoms. The van der Waals surface area contributed by atoms with Gasteiger partial charge in [-0.2, -0.15) is 0 Å². The average Bonchev–Trinajstić information content (AvgIpc) is 3.49. The lowest BCUT2D eigenvalue weighted by Crippen LogP contribution is -2.36. The Morgan fingerprint density at radius 1 is 1.20 bits per heavy atom. The first-order valence-corrected chi connectivity index (χ1v) is 11.0. The minimum Gasteiger partial charge on any atom is -0.337 e. The monoisotopic (exact) mass is 419 g/mol. The van der Waals surface area contributed by atoms with Gasteiger partial charge >= 0.3 is 0 Å². The molecular formula is C22H21N5O2S. The van der Waals surface area contributed by atoms with Gasteiger partial charge in [0.2, 0.25) is 0 Å². The van der Waals surface area contributed by atoms with Crippen LogP contribution in [0.25, 0.3) is 5.69 Å². The number of pyridine rings is 1.